The van der Waals surface area contributed by atoms with Gasteiger partial charge in [-0.2, -0.15) is 4.98 Å². The van der Waals surface area contributed by atoms with E-state index in [1.807, 2.05) is 24.3 Å². The molecule has 2 aromatic heterocycles. The Kier molecular flexibility index (Phi) is 5.74. The molecular weight excluding hydrogens is 340 g/mol. The maximum Gasteiger partial charge on any atom is 0.227 e. The number of nitrogens with zero attached hydrogens (tertiary/aromatic N) is 3. The van der Waals surface area contributed by atoms with E-state index in [9.17, 15) is 4.79 Å². The van der Waals surface area contributed by atoms with Crippen molar-refractivity contribution in [2.24, 2.45) is 0 Å². The highest BCUT2D eigenvalue weighted by molar-refractivity contribution is 6.30. The van der Waals surface area contributed by atoms with Gasteiger partial charge in [-0.05, 0) is 36.2 Å². The predicted molar refractivity (Wildman–Crippen MR) is 94.0 cm³/mol. The first-order chi connectivity index (χ1) is 12.2. The maximum absolute atomic E-state index is 11.9. The molecule has 7 heteroatoms. The summed E-state index contributed by atoms with van der Waals surface area (Å²) in [7, 11) is 0. The second kappa shape index (κ2) is 8.39. The van der Waals surface area contributed by atoms with E-state index in [-0.39, 0.29) is 5.91 Å². The van der Waals surface area contributed by atoms with Crippen LogP contribution in [0.5, 0.6) is 0 Å². The minimum absolute atomic E-state index is 0.0503. The van der Waals surface area contributed by atoms with Crippen LogP contribution in [0.4, 0.5) is 0 Å². The number of aryl methyl sites for hydroxylation is 1. The molecule has 1 amide bonds. The summed E-state index contributed by atoms with van der Waals surface area (Å²) < 4.78 is 5.18. The Hall–Kier alpha value is -2.73. The van der Waals surface area contributed by atoms with E-state index in [1.54, 1.807) is 24.5 Å². The van der Waals surface area contributed by atoms with Gasteiger partial charge in [-0.1, -0.05) is 28.9 Å². The minimum atomic E-state index is -0.0503. The molecule has 1 N–H and O–H groups in total. The molecule has 0 aliphatic heterocycles. The van der Waals surface area contributed by atoms with E-state index in [0.717, 1.165) is 17.5 Å². The van der Waals surface area contributed by atoms with Crippen LogP contribution in [0.3, 0.4) is 0 Å². The molecule has 0 unspecified atom stereocenters. The molecule has 0 atom stereocenters. The van der Waals surface area contributed by atoms with Gasteiger partial charge < -0.3 is 9.84 Å². The SMILES string of the molecule is O=C(CCc1nc(-c2ccncc2)no1)NCCc1cccc(Cl)c1. The van der Waals surface area contributed by atoms with Crippen molar-refractivity contribution in [1.29, 1.82) is 0 Å². The quantitative estimate of drug-likeness (QED) is 0.703. The summed E-state index contributed by atoms with van der Waals surface area (Å²) in [6.45, 7) is 0.561. The second-order valence-corrected chi connectivity index (χ2v) is 5.91. The van der Waals surface area contributed by atoms with E-state index in [0.29, 0.717) is 36.1 Å². The van der Waals surface area contributed by atoms with Crippen LogP contribution in [0, 0.1) is 0 Å². The summed E-state index contributed by atoms with van der Waals surface area (Å²) in [4.78, 5) is 20.2. The molecule has 3 aromatic rings. The first kappa shape index (κ1) is 17.1. The Morgan fingerprint density at radius 2 is 2.00 bits per heavy atom. The highest BCUT2D eigenvalue weighted by Gasteiger charge is 2.10. The largest absolute Gasteiger partial charge is 0.356 e. The molecule has 0 aliphatic rings. The molecular formula is C18H17ClN4O2. The summed E-state index contributed by atoms with van der Waals surface area (Å²) in [5, 5.41) is 7.49. The summed E-state index contributed by atoms with van der Waals surface area (Å²) in [5.41, 5.74) is 1.92. The van der Waals surface area contributed by atoms with Crippen molar-refractivity contribution < 1.29 is 9.32 Å². The minimum Gasteiger partial charge on any atom is -0.356 e. The molecule has 2 heterocycles. The number of halogens is 1. The third kappa shape index (κ3) is 5.12. The van der Waals surface area contributed by atoms with Crippen molar-refractivity contribution in [3.05, 3.63) is 65.3 Å². The van der Waals surface area contributed by atoms with Crippen molar-refractivity contribution in [1.82, 2.24) is 20.4 Å². The van der Waals surface area contributed by atoms with E-state index >= 15 is 0 Å². The van der Waals surface area contributed by atoms with Crippen molar-refractivity contribution in [2.75, 3.05) is 6.54 Å². The molecule has 0 aliphatic carbocycles. The summed E-state index contributed by atoms with van der Waals surface area (Å²) in [5.74, 6) is 0.890. The van der Waals surface area contributed by atoms with Gasteiger partial charge in [0.2, 0.25) is 17.6 Å². The highest BCUT2D eigenvalue weighted by Crippen LogP contribution is 2.14. The Balaban J connectivity index is 1.43. The van der Waals surface area contributed by atoms with Crippen LogP contribution in [-0.2, 0) is 17.6 Å². The van der Waals surface area contributed by atoms with Crippen molar-refractivity contribution in [2.45, 2.75) is 19.3 Å². The molecule has 0 saturated heterocycles. The van der Waals surface area contributed by atoms with Gasteiger partial charge in [-0.3, -0.25) is 9.78 Å². The molecule has 0 fully saturated rings. The fraction of sp³-hybridized carbons (Fsp3) is 0.222. The first-order valence-electron chi connectivity index (χ1n) is 7.95. The van der Waals surface area contributed by atoms with Crippen LogP contribution >= 0.6 is 11.6 Å². The van der Waals surface area contributed by atoms with E-state index in [1.165, 1.54) is 0 Å². The monoisotopic (exact) mass is 356 g/mol. The molecule has 1 aromatic carbocycles. The average molecular weight is 357 g/mol. The van der Waals surface area contributed by atoms with Crippen LogP contribution in [0.2, 0.25) is 5.02 Å². The van der Waals surface area contributed by atoms with Crippen LogP contribution in [-0.4, -0.2) is 27.6 Å². The van der Waals surface area contributed by atoms with Crippen molar-refractivity contribution in [3.63, 3.8) is 0 Å². The molecule has 0 radical (unpaired) electrons. The zero-order chi connectivity index (χ0) is 17.5. The number of nitrogens with one attached hydrogen (secondary N) is 1. The molecule has 0 bridgehead atoms. The Labute approximate surface area is 150 Å². The third-order valence-electron chi connectivity index (χ3n) is 3.60. The van der Waals surface area contributed by atoms with Crippen LogP contribution in [0.1, 0.15) is 17.9 Å². The lowest BCUT2D eigenvalue weighted by atomic mass is 10.1. The standard InChI is InChI=1S/C18H17ClN4O2/c19-15-3-1-2-13(12-15)6-11-21-16(24)4-5-17-22-18(23-25-17)14-7-9-20-10-8-14/h1-3,7-10,12H,4-6,11H2,(H,21,24). The molecule has 3 rings (SSSR count). The molecule has 25 heavy (non-hydrogen) atoms. The Bertz CT molecular complexity index is 836. The lowest BCUT2D eigenvalue weighted by Gasteiger charge is -2.04. The van der Waals surface area contributed by atoms with Gasteiger partial charge in [0.15, 0.2) is 0 Å². The van der Waals surface area contributed by atoms with Gasteiger partial charge in [0.1, 0.15) is 0 Å². The van der Waals surface area contributed by atoms with Gasteiger partial charge in [0.05, 0.1) is 0 Å². The van der Waals surface area contributed by atoms with Crippen molar-refractivity contribution in [3.8, 4) is 11.4 Å². The lowest BCUT2D eigenvalue weighted by molar-refractivity contribution is -0.121. The van der Waals surface area contributed by atoms with Crippen LogP contribution in [0.15, 0.2) is 53.3 Å². The van der Waals surface area contributed by atoms with Crippen molar-refractivity contribution >= 4 is 17.5 Å². The highest BCUT2D eigenvalue weighted by atomic mass is 35.5. The summed E-state index contributed by atoms with van der Waals surface area (Å²) in [6, 6.07) is 11.2. The fourth-order valence-corrected chi connectivity index (χ4v) is 2.54. The van der Waals surface area contributed by atoms with E-state index < -0.39 is 0 Å². The zero-order valence-corrected chi connectivity index (χ0v) is 14.2. The van der Waals surface area contributed by atoms with Crippen LogP contribution < -0.4 is 5.32 Å². The molecule has 0 saturated carbocycles. The first-order valence-corrected chi connectivity index (χ1v) is 8.32. The zero-order valence-electron chi connectivity index (χ0n) is 13.5. The summed E-state index contributed by atoms with van der Waals surface area (Å²) in [6.07, 6.45) is 4.77. The fourth-order valence-electron chi connectivity index (χ4n) is 2.32. The number of amides is 1. The second-order valence-electron chi connectivity index (χ2n) is 5.48. The Morgan fingerprint density at radius 1 is 1.16 bits per heavy atom. The summed E-state index contributed by atoms with van der Waals surface area (Å²) >= 11 is 5.94. The number of pyridine rings is 1. The number of hydrogen-bond acceptors (Lipinski definition) is 5. The van der Waals surface area contributed by atoms with Gasteiger partial charge >= 0.3 is 0 Å². The van der Waals surface area contributed by atoms with E-state index in [2.05, 4.69) is 20.4 Å². The van der Waals surface area contributed by atoms with Gasteiger partial charge in [0.25, 0.3) is 0 Å². The maximum atomic E-state index is 11.9. The Morgan fingerprint density at radius 3 is 2.80 bits per heavy atom. The molecule has 128 valence electrons. The van der Waals surface area contributed by atoms with Gasteiger partial charge in [-0.25, -0.2) is 0 Å². The smallest absolute Gasteiger partial charge is 0.227 e. The number of rotatable bonds is 7. The van der Waals surface area contributed by atoms with E-state index in [4.69, 9.17) is 16.1 Å². The predicted octanol–water partition coefficient (Wildman–Crippen LogP) is 3.08. The number of hydrogen-bond donors (Lipinski definition) is 1. The third-order valence-corrected chi connectivity index (χ3v) is 3.83. The molecule has 6 nitrogen and oxygen atoms in total. The van der Waals surface area contributed by atoms with Crippen LogP contribution in [0.25, 0.3) is 11.4 Å². The molecule has 0 spiro atoms. The van der Waals surface area contributed by atoms with Gasteiger partial charge in [-0.15, -0.1) is 0 Å². The number of aromatic nitrogens is 3. The average Bonchev–Trinajstić information content (AvgIpc) is 3.10. The normalized spacial score (nSPS) is 10.6. The number of benzene rings is 1. The van der Waals surface area contributed by atoms with Gasteiger partial charge in [0, 0.05) is 42.4 Å². The lowest BCUT2D eigenvalue weighted by Crippen LogP contribution is -2.25. The topological polar surface area (TPSA) is 80.9 Å². The number of carbonyl (C=O) groups excluding carboxylic acids is 1. The number of carbonyl (C=O) groups is 1.